The van der Waals surface area contributed by atoms with Crippen LogP contribution in [0.2, 0.25) is 0 Å². The summed E-state index contributed by atoms with van der Waals surface area (Å²) in [5.41, 5.74) is 2.29. The average molecular weight is 559 g/mol. The second-order valence-electron chi connectivity index (χ2n) is 5.49. The van der Waals surface area contributed by atoms with Crippen molar-refractivity contribution in [1.82, 2.24) is 9.36 Å². The summed E-state index contributed by atoms with van der Waals surface area (Å²) in [6, 6.07) is 13.1. The van der Waals surface area contributed by atoms with Crippen molar-refractivity contribution >= 4 is 57.1 Å². The summed E-state index contributed by atoms with van der Waals surface area (Å²) in [5, 5.41) is 10.2. The fourth-order valence-corrected chi connectivity index (χ4v) is 4.41. The molecular formula is C18H15I2N3O2. The molecule has 3 aromatic rings. The summed E-state index contributed by atoms with van der Waals surface area (Å²) in [5.74, 6) is 0.168. The lowest BCUT2D eigenvalue weighted by Gasteiger charge is -2.07. The molecule has 0 amide bonds. The standard InChI is InChI=1S/C18H15I2N3O2/c1-11-16(21-10-12-8-13(19)9-15(20)17(12)24)18(25)23(22(11)2)14-6-4-3-5-7-14/h3-10,24H,1-2H3. The van der Waals surface area contributed by atoms with E-state index < -0.39 is 0 Å². The highest BCUT2D eigenvalue weighted by Crippen LogP contribution is 2.26. The number of aromatic hydroxyl groups is 1. The number of phenols is 1. The highest BCUT2D eigenvalue weighted by Gasteiger charge is 2.15. The lowest BCUT2D eigenvalue weighted by molar-refractivity contribution is 0.470. The summed E-state index contributed by atoms with van der Waals surface area (Å²) in [4.78, 5) is 17.2. The number of halogens is 2. The molecule has 1 aromatic heterocycles. The van der Waals surface area contributed by atoms with Gasteiger partial charge in [-0.25, -0.2) is 9.67 Å². The summed E-state index contributed by atoms with van der Waals surface area (Å²) >= 11 is 4.26. The van der Waals surface area contributed by atoms with Crippen molar-refractivity contribution in [2.45, 2.75) is 6.92 Å². The van der Waals surface area contributed by atoms with Gasteiger partial charge in [0.15, 0.2) is 5.69 Å². The van der Waals surface area contributed by atoms with Crippen molar-refractivity contribution in [3.05, 3.63) is 71.2 Å². The van der Waals surface area contributed by atoms with Crippen molar-refractivity contribution < 1.29 is 5.11 Å². The molecule has 0 unspecified atom stereocenters. The lowest BCUT2D eigenvalue weighted by atomic mass is 10.2. The van der Waals surface area contributed by atoms with E-state index in [0.717, 1.165) is 18.5 Å². The van der Waals surface area contributed by atoms with E-state index in [4.69, 9.17) is 0 Å². The maximum Gasteiger partial charge on any atom is 0.297 e. The molecule has 3 rings (SSSR count). The number of rotatable bonds is 3. The number of nitrogens with zero attached hydrogens (tertiary/aromatic N) is 3. The minimum Gasteiger partial charge on any atom is -0.506 e. The molecule has 0 aliphatic carbocycles. The van der Waals surface area contributed by atoms with E-state index in [1.165, 1.54) is 0 Å². The van der Waals surface area contributed by atoms with Gasteiger partial charge >= 0.3 is 0 Å². The smallest absolute Gasteiger partial charge is 0.297 e. The Labute approximate surface area is 172 Å². The van der Waals surface area contributed by atoms with E-state index in [1.54, 1.807) is 15.6 Å². The third-order valence-corrected chi connectivity index (χ3v) is 5.36. The van der Waals surface area contributed by atoms with Gasteiger partial charge in [0.1, 0.15) is 5.75 Å². The molecule has 1 N–H and O–H groups in total. The van der Waals surface area contributed by atoms with Crippen molar-refractivity contribution in [3.8, 4) is 11.4 Å². The minimum absolute atomic E-state index is 0.168. The zero-order valence-electron chi connectivity index (χ0n) is 13.6. The predicted molar refractivity (Wildman–Crippen MR) is 117 cm³/mol. The molecule has 0 fully saturated rings. The molecule has 2 aromatic carbocycles. The van der Waals surface area contributed by atoms with Crippen LogP contribution in [-0.2, 0) is 7.05 Å². The van der Waals surface area contributed by atoms with Crippen LogP contribution in [-0.4, -0.2) is 20.7 Å². The van der Waals surface area contributed by atoms with Gasteiger partial charge in [-0.05, 0) is 76.4 Å². The first-order valence-corrected chi connectivity index (χ1v) is 9.62. The molecule has 0 radical (unpaired) electrons. The molecule has 0 bridgehead atoms. The first-order valence-electron chi connectivity index (χ1n) is 7.46. The van der Waals surface area contributed by atoms with Gasteiger partial charge in [0, 0.05) is 22.4 Å². The van der Waals surface area contributed by atoms with Crippen LogP contribution in [0.4, 0.5) is 5.69 Å². The zero-order valence-corrected chi connectivity index (χ0v) is 17.9. The average Bonchev–Trinajstić information content (AvgIpc) is 2.80. The normalized spacial score (nSPS) is 11.4. The van der Waals surface area contributed by atoms with Crippen molar-refractivity contribution in [2.24, 2.45) is 12.0 Å². The third-order valence-electron chi connectivity index (χ3n) is 3.91. The number of aromatic nitrogens is 2. The number of hydrogen-bond acceptors (Lipinski definition) is 3. The van der Waals surface area contributed by atoms with E-state index in [2.05, 4.69) is 50.2 Å². The molecule has 0 spiro atoms. The number of para-hydroxylation sites is 1. The van der Waals surface area contributed by atoms with E-state index >= 15 is 0 Å². The molecule has 0 aliphatic rings. The van der Waals surface area contributed by atoms with Gasteiger partial charge in [0.2, 0.25) is 0 Å². The van der Waals surface area contributed by atoms with Crippen LogP contribution in [0.25, 0.3) is 5.69 Å². The van der Waals surface area contributed by atoms with E-state index in [-0.39, 0.29) is 11.3 Å². The van der Waals surface area contributed by atoms with Crippen LogP contribution >= 0.6 is 45.2 Å². The van der Waals surface area contributed by atoms with Crippen molar-refractivity contribution in [3.63, 3.8) is 0 Å². The molecule has 0 saturated carbocycles. The van der Waals surface area contributed by atoms with Crippen LogP contribution in [0.3, 0.4) is 0 Å². The predicted octanol–water partition coefficient (Wildman–Crippen LogP) is 4.15. The third kappa shape index (κ3) is 3.52. The molecule has 5 nitrogen and oxygen atoms in total. The Kier molecular flexibility index (Phi) is 5.32. The number of hydrogen-bond donors (Lipinski definition) is 1. The topological polar surface area (TPSA) is 59.5 Å². The molecule has 7 heteroatoms. The second kappa shape index (κ2) is 7.32. The monoisotopic (exact) mass is 559 g/mol. The highest BCUT2D eigenvalue weighted by molar-refractivity contribution is 14.1. The molecule has 25 heavy (non-hydrogen) atoms. The summed E-state index contributed by atoms with van der Waals surface area (Å²) in [6.07, 6.45) is 1.54. The molecule has 0 saturated heterocycles. The van der Waals surface area contributed by atoms with Gasteiger partial charge in [-0.1, -0.05) is 18.2 Å². The van der Waals surface area contributed by atoms with Crippen LogP contribution in [0.5, 0.6) is 5.75 Å². The summed E-state index contributed by atoms with van der Waals surface area (Å²) < 4.78 is 5.11. The first-order chi connectivity index (χ1) is 11.9. The van der Waals surface area contributed by atoms with Crippen LogP contribution in [0, 0.1) is 14.1 Å². The largest absolute Gasteiger partial charge is 0.506 e. The van der Waals surface area contributed by atoms with Crippen LogP contribution in [0.15, 0.2) is 52.3 Å². The Bertz CT molecular complexity index is 1020. The van der Waals surface area contributed by atoms with Crippen LogP contribution in [0.1, 0.15) is 11.3 Å². The quantitative estimate of drug-likeness (QED) is 0.388. The number of aliphatic imine (C=N–C) groups is 1. The Morgan fingerprint density at radius 1 is 1.16 bits per heavy atom. The molecular weight excluding hydrogens is 544 g/mol. The van der Waals surface area contributed by atoms with Crippen molar-refractivity contribution in [1.29, 1.82) is 0 Å². The van der Waals surface area contributed by atoms with Gasteiger partial charge in [-0.15, -0.1) is 0 Å². The van der Waals surface area contributed by atoms with E-state index in [0.29, 0.717) is 11.3 Å². The van der Waals surface area contributed by atoms with Gasteiger partial charge in [-0.2, -0.15) is 0 Å². The molecule has 128 valence electrons. The van der Waals surface area contributed by atoms with Gasteiger partial charge < -0.3 is 5.11 Å². The Morgan fingerprint density at radius 3 is 2.52 bits per heavy atom. The number of benzene rings is 2. The lowest BCUT2D eigenvalue weighted by Crippen LogP contribution is -2.19. The van der Waals surface area contributed by atoms with Gasteiger partial charge in [-0.3, -0.25) is 9.48 Å². The van der Waals surface area contributed by atoms with Gasteiger partial charge in [0.25, 0.3) is 5.56 Å². The molecule has 0 aliphatic heterocycles. The van der Waals surface area contributed by atoms with E-state index in [9.17, 15) is 9.90 Å². The maximum atomic E-state index is 12.8. The zero-order chi connectivity index (χ0) is 18.1. The SMILES string of the molecule is Cc1c(N=Cc2cc(I)cc(I)c2O)c(=O)n(-c2ccccc2)n1C. The molecule has 0 atom stereocenters. The minimum atomic E-state index is -0.192. The van der Waals surface area contributed by atoms with Crippen molar-refractivity contribution in [2.75, 3.05) is 0 Å². The Morgan fingerprint density at radius 2 is 1.84 bits per heavy atom. The Hall–Kier alpha value is -1.62. The van der Waals surface area contributed by atoms with Gasteiger partial charge in [0.05, 0.1) is 15.0 Å². The summed E-state index contributed by atoms with van der Waals surface area (Å²) in [7, 11) is 1.83. The Balaban J connectivity index is 2.10. The molecule has 1 heterocycles. The summed E-state index contributed by atoms with van der Waals surface area (Å²) in [6.45, 7) is 1.85. The fraction of sp³-hybridized carbons (Fsp3) is 0.111. The highest BCUT2D eigenvalue weighted by atomic mass is 127. The number of phenolic OH excluding ortho intramolecular Hbond substituents is 1. The van der Waals surface area contributed by atoms with Crippen LogP contribution < -0.4 is 5.56 Å². The second-order valence-corrected chi connectivity index (χ2v) is 7.90. The van der Waals surface area contributed by atoms with E-state index in [1.807, 2.05) is 56.4 Å². The first kappa shape index (κ1) is 18.2. The fourth-order valence-electron chi connectivity index (χ4n) is 2.52. The maximum absolute atomic E-state index is 12.8.